The number of amides is 1. The Kier molecular flexibility index (Phi) is 6.21. The van der Waals surface area contributed by atoms with Gasteiger partial charge in [-0.05, 0) is 30.2 Å². The molecule has 0 aliphatic rings. The van der Waals surface area contributed by atoms with E-state index in [4.69, 9.17) is 5.11 Å². The van der Waals surface area contributed by atoms with Gasteiger partial charge in [0.25, 0.3) is 0 Å². The number of nitrogens with one attached hydrogen (secondary N) is 1. The van der Waals surface area contributed by atoms with Crippen molar-refractivity contribution in [2.45, 2.75) is 46.0 Å². The van der Waals surface area contributed by atoms with Crippen LogP contribution in [0.4, 0.5) is 0 Å². The SMILES string of the molecule is Cc1ccc(C(C)(C)CC(=O)NCC(C)CCO)cc1. The Labute approximate surface area is 122 Å². The Hall–Kier alpha value is -1.35. The number of carbonyl (C=O) groups is 1. The van der Waals surface area contributed by atoms with Crippen LogP contribution >= 0.6 is 0 Å². The topological polar surface area (TPSA) is 49.3 Å². The third-order valence-corrected chi connectivity index (χ3v) is 3.71. The summed E-state index contributed by atoms with van der Waals surface area (Å²) >= 11 is 0. The summed E-state index contributed by atoms with van der Waals surface area (Å²) in [6.07, 6.45) is 1.20. The Morgan fingerprint density at radius 2 is 1.90 bits per heavy atom. The van der Waals surface area contributed by atoms with Gasteiger partial charge in [0, 0.05) is 19.6 Å². The molecule has 3 heteroatoms. The second kappa shape index (κ2) is 7.44. The highest BCUT2D eigenvalue weighted by Gasteiger charge is 2.24. The molecule has 112 valence electrons. The number of aliphatic hydroxyl groups is 1. The van der Waals surface area contributed by atoms with Crippen molar-refractivity contribution in [1.82, 2.24) is 5.32 Å². The van der Waals surface area contributed by atoms with E-state index in [1.165, 1.54) is 11.1 Å². The minimum Gasteiger partial charge on any atom is -0.396 e. The summed E-state index contributed by atoms with van der Waals surface area (Å²) < 4.78 is 0. The van der Waals surface area contributed by atoms with Crippen LogP contribution in [0.25, 0.3) is 0 Å². The third-order valence-electron chi connectivity index (χ3n) is 3.71. The maximum atomic E-state index is 12.0. The quantitative estimate of drug-likeness (QED) is 0.805. The van der Waals surface area contributed by atoms with Crippen molar-refractivity contribution < 1.29 is 9.90 Å². The van der Waals surface area contributed by atoms with E-state index in [1.807, 2.05) is 6.92 Å². The average Bonchev–Trinajstić information content (AvgIpc) is 2.37. The molecule has 0 spiro atoms. The van der Waals surface area contributed by atoms with E-state index in [2.05, 4.69) is 50.4 Å². The zero-order valence-corrected chi connectivity index (χ0v) is 13.1. The number of rotatable bonds is 7. The van der Waals surface area contributed by atoms with Crippen molar-refractivity contribution >= 4 is 5.91 Å². The second-order valence-corrected chi connectivity index (χ2v) is 6.35. The van der Waals surface area contributed by atoms with Crippen molar-refractivity contribution in [2.24, 2.45) is 5.92 Å². The summed E-state index contributed by atoms with van der Waals surface area (Å²) in [6.45, 7) is 9.08. The van der Waals surface area contributed by atoms with Gasteiger partial charge in [-0.25, -0.2) is 0 Å². The summed E-state index contributed by atoms with van der Waals surface area (Å²) in [5.41, 5.74) is 2.24. The lowest BCUT2D eigenvalue weighted by molar-refractivity contribution is -0.122. The molecule has 20 heavy (non-hydrogen) atoms. The Morgan fingerprint density at radius 1 is 1.30 bits per heavy atom. The molecule has 1 amide bonds. The normalized spacial score (nSPS) is 13.1. The van der Waals surface area contributed by atoms with Crippen molar-refractivity contribution in [3.05, 3.63) is 35.4 Å². The lowest BCUT2D eigenvalue weighted by atomic mass is 9.81. The number of hydrogen-bond acceptors (Lipinski definition) is 2. The van der Waals surface area contributed by atoms with Gasteiger partial charge in [-0.3, -0.25) is 4.79 Å². The van der Waals surface area contributed by atoms with Gasteiger partial charge in [-0.15, -0.1) is 0 Å². The van der Waals surface area contributed by atoms with Gasteiger partial charge in [0.1, 0.15) is 0 Å². The van der Waals surface area contributed by atoms with Gasteiger partial charge in [-0.1, -0.05) is 50.6 Å². The van der Waals surface area contributed by atoms with E-state index in [9.17, 15) is 4.79 Å². The van der Waals surface area contributed by atoms with Crippen LogP contribution < -0.4 is 5.32 Å². The van der Waals surface area contributed by atoms with Crippen LogP contribution in [0.1, 0.15) is 44.7 Å². The molecule has 0 radical (unpaired) electrons. The van der Waals surface area contributed by atoms with Crippen molar-refractivity contribution in [3.63, 3.8) is 0 Å². The standard InChI is InChI=1S/C17H27NO2/c1-13-5-7-15(8-6-13)17(3,4)11-16(20)18-12-14(2)9-10-19/h5-8,14,19H,9-12H2,1-4H3,(H,18,20). The van der Waals surface area contributed by atoms with Crippen LogP contribution in [0.5, 0.6) is 0 Å². The molecule has 1 aromatic carbocycles. The Bertz CT molecular complexity index is 423. The highest BCUT2D eigenvalue weighted by atomic mass is 16.3. The van der Waals surface area contributed by atoms with E-state index >= 15 is 0 Å². The number of aryl methyl sites for hydroxylation is 1. The van der Waals surface area contributed by atoms with Gasteiger partial charge in [0.05, 0.1) is 0 Å². The van der Waals surface area contributed by atoms with Crippen LogP contribution in [-0.4, -0.2) is 24.2 Å². The molecular formula is C17H27NO2. The zero-order chi connectivity index (χ0) is 15.2. The number of benzene rings is 1. The minimum absolute atomic E-state index is 0.0698. The molecule has 0 aliphatic heterocycles. The monoisotopic (exact) mass is 277 g/mol. The maximum Gasteiger partial charge on any atom is 0.220 e. The largest absolute Gasteiger partial charge is 0.396 e. The second-order valence-electron chi connectivity index (χ2n) is 6.35. The van der Waals surface area contributed by atoms with Crippen LogP contribution in [0.3, 0.4) is 0 Å². The molecule has 0 fully saturated rings. The molecule has 2 N–H and O–H groups in total. The zero-order valence-electron chi connectivity index (χ0n) is 13.1. The summed E-state index contributed by atoms with van der Waals surface area (Å²) in [7, 11) is 0. The summed E-state index contributed by atoms with van der Waals surface area (Å²) in [4.78, 5) is 12.0. The fourth-order valence-electron chi connectivity index (χ4n) is 2.18. The molecule has 1 aromatic rings. The smallest absolute Gasteiger partial charge is 0.220 e. The van der Waals surface area contributed by atoms with Crippen LogP contribution in [-0.2, 0) is 10.2 Å². The van der Waals surface area contributed by atoms with Crippen LogP contribution in [0, 0.1) is 12.8 Å². The van der Waals surface area contributed by atoms with Crippen molar-refractivity contribution in [1.29, 1.82) is 0 Å². The Balaban J connectivity index is 2.53. The molecule has 0 saturated heterocycles. The molecule has 1 unspecified atom stereocenters. The fourth-order valence-corrected chi connectivity index (χ4v) is 2.18. The predicted octanol–water partition coefficient (Wildman–Crippen LogP) is 2.80. The van der Waals surface area contributed by atoms with E-state index in [0.29, 0.717) is 18.9 Å². The number of hydrogen-bond donors (Lipinski definition) is 2. The van der Waals surface area contributed by atoms with Gasteiger partial charge in [0.2, 0.25) is 5.91 Å². The highest BCUT2D eigenvalue weighted by Crippen LogP contribution is 2.27. The first-order chi connectivity index (χ1) is 9.35. The lowest BCUT2D eigenvalue weighted by Gasteiger charge is -2.25. The van der Waals surface area contributed by atoms with Crippen LogP contribution in [0.2, 0.25) is 0 Å². The first kappa shape index (κ1) is 16.7. The maximum absolute atomic E-state index is 12.0. The van der Waals surface area contributed by atoms with E-state index in [0.717, 1.165) is 6.42 Å². The first-order valence-corrected chi connectivity index (χ1v) is 7.30. The first-order valence-electron chi connectivity index (χ1n) is 7.30. The lowest BCUT2D eigenvalue weighted by Crippen LogP contribution is -2.33. The molecular weight excluding hydrogens is 250 g/mol. The van der Waals surface area contributed by atoms with Gasteiger partial charge < -0.3 is 10.4 Å². The molecule has 1 rings (SSSR count). The highest BCUT2D eigenvalue weighted by molar-refractivity contribution is 5.77. The molecule has 0 heterocycles. The fraction of sp³-hybridized carbons (Fsp3) is 0.588. The number of carbonyl (C=O) groups excluding carboxylic acids is 1. The van der Waals surface area contributed by atoms with E-state index in [-0.39, 0.29) is 17.9 Å². The van der Waals surface area contributed by atoms with Crippen LogP contribution in [0.15, 0.2) is 24.3 Å². The molecule has 1 atom stereocenters. The van der Waals surface area contributed by atoms with E-state index < -0.39 is 0 Å². The predicted molar refractivity (Wildman–Crippen MR) is 82.7 cm³/mol. The van der Waals surface area contributed by atoms with Gasteiger partial charge >= 0.3 is 0 Å². The third kappa shape index (κ3) is 5.33. The van der Waals surface area contributed by atoms with Gasteiger partial charge in [-0.2, -0.15) is 0 Å². The number of aliphatic hydroxyl groups excluding tert-OH is 1. The minimum atomic E-state index is -0.169. The van der Waals surface area contributed by atoms with E-state index in [1.54, 1.807) is 0 Å². The summed E-state index contributed by atoms with van der Waals surface area (Å²) in [5, 5.41) is 11.8. The molecule has 3 nitrogen and oxygen atoms in total. The average molecular weight is 277 g/mol. The summed E-state index contributed by atoms with van der Waals surface area (Å²) in [6, 6.07) is 8.35. The van der Waals surface area contributed by atoms with Crippen molar-refractivity contribution in [3.8, 4) is 0 Å². The molecule has 0 bridgehead atoms. The van der Waals surface area contributed by atoms with Crippen molar-refractivity contribution in [2.75, 3.05) is 13.2 Å². The molecule has 0 aliphatic carbocycles. The molecule has 0 aromatic heterocycles. The molecule has 0 saturated carbocycles. The summed E-state index contributed by atoms with van der Waals surface area (Å²) in [5.74, 6) is 0.381. The van der Waals surface area contributed by atoms with Gasteiger partial charge in [0.15, 0.2) is 0 Å². The Morgan fingerprint density at radius 3 is 2.45 bits per heavy atom.